The molecule has 0 aliphatic carbocycles. The first kappa shape index (κ1) is 11.4. The van der Waals surface area contributed by atoms with E-state index in [1.807, 2.05) is 27.0 Å². The summed E-state index contributed by atoms with van der Waals surface area (Å²) in [6, 6.07) is 3.51. The van der Waals surface area contributed by atoms with Gasteiger partial charge in [0.05, 0.1) is 18.0 Å². The van der Waals surface area contributed by atoms with Crippen LogP contribution >= 0.6 is 0 Å². The second kappa shape index (κ2) is 4.68. The van der Waals surface area contributed by atoms with Gasteiger partial charge in [0.1, 0.15) is 0 Å². The molecule has 0 amide bonds. The van der Waals surface area contributed by atoms with E-state index in [2.05, 4.69) is 5.10 Å². The van der Waals surface area contributed by atoms with Crippen LogP contribution in [0.2, 0.25) is 0 Å². The van der Waals surface area contributed by atoms with Crippen LogP contribution in [0.1, 0.15) is 13.8 Å². The average molecular weight is 208 g/mol. The van der Waals surface area contributed by atoms with Gasteiger partial charge in [0.2, 0.25) is 0 Å². The monoisotopic (exact) mass is 208 g/mol. The fraction of sp³-hybridized carbons (Fsp3) is 0.364. The zero-order valence-electron chi connectivity index (χ0n) is 9.48. The number of phenols is 1. The molecule has 1 heterocycles. The molecular formula is C11H16N2O2. The fourth-order valence-electron chi connectivity index (χ4n) is 1.34. The van der Waals surface area contributed by atoms with Gasteiger partial charge in [-0.25, -0.2) is 0 Å². The second-order valence-corrected chi connectivity index (χ2v) is 2.85. The van der Waals surface area contributed by atoms with Crippen LogP contribution in [0.5, 0.6) is 11.5 Å². The zero-order chi connectivity index (χ0) is 11.4. The van der Waals surface area contributed by atoms with Crippen LogP contribution in [0, 0.1) is 0 Å². The van der Waals surface area contributed by atoms with Crippen molar-refractivity contribution < 1.29 is 9.84 Å². The highest BCUT2D eigenvalue weighted by atomic mass is 16.5. The number of aryl methyl sites for hydroxylation is 1. The van der Waals surface area contributed by atoms with E-state index in [4.69, 9.17) is 4.74 Å². The molecule has 0 bridgehead atoms. The van der Waals surface area contributed by atoms with Crippen molar-refractivity contribution in [3.63, 3.8) is 0 Å². The topological polar surface area (TPSA) is 47.3 Å². The minimum atomic E-state index is 0.146. The van der Waals surface area contributed by atoms with Crippen molar-refractivity contribution in [3.05, 3.63) is 18.3 Å². The number of aromatic nitrogens is 2. The molecule has 0 aliphatic rings. The van der Waals surface area contributed by atoms with Crippen molar-refractivity contribution in [3.8, 4) is 11.5 Å². The molecule has 0 saturated carbocycles. The number of nitrogens with zero attached hydrogens (tertiary/aromatic N) is 2. The van der Waals surface area contributed by atoms with E-state index < -0.39 is 0 Å². The number of fused-ring (bicyclic) bond motifs is 1. The van der Waals surface area contributed by atoms with Crippen LogP contribution in [0.4, 0.5) is 0 Å². The van der Waals surface area contributed by atoms with Gasteiger partial charge in [-0.15, -0.1) is 0 Å². The van der Waals surface area contributed by atoms with Gasteiger partial charge in [0, 0.05) is 13.2 Å². The number of benzene rings is 1. The Hall–Kier alpha value is -1.71. The van der Waals surface area contributed by atoms with E-state index in [1.165, 1.54) is 7.11 Å². The van der Waals surface area contributed by atoms with Crippen molar-refractivity contribution in [1.29, 1.82) is 0 Å². The molecule has 1 aromatic carbocycles. The molecule has 4 nitrogen and oxygen atoms in total. The maximum absolute atomic E-state index is 9.68. The van der Waals surface area contributed by atoms with Gasteiger partial charge in [-0.05, 0) is 12.1 Å². The summed E-state index contributed by atoms with van der Waals surface area (Å²) in [6.07, 6.45) is 1.76. The normalized spacial score (nSPS) is 9.60. The molecule has 0 atom stereocenters. The molecule has 2 aromatic rings. The van der Waals surface area contributed by atoms with Crippen molar-refractivity contribution in [2.24, 2.45) is 7.05 Å². The van der Waals surface area contributed by atoms with Gasteiger partial charge in [-0.2, -0.15) is 5.10 Å². The Balaban J connectivity index is 0.000000531. The van der Waals surface area contributed by atoms with E-state index in [-0.39, 0.29) is 5.75 Å². The smallest absolute Gasteiger partial charge is 0.168 e. The van der Waals surface area contributed by atoms with E-state index in [0.717, 1.165) is 5.52 Å². The lowest BCUT2D eigenvalue weighted by Crippen LogP contribution is -1.84. The summed E-state index contributed by atoms with van der Waals surface area (Å²) >= 11 is 0. The third kappa shape index (κ3) is 2.03. The molecule has 2 rings (SSSR count). The minimum absolute atomic E-state index is 0.146. The van der Waals surface area contributed by atoms with Gasteiger partial charge >= 0.3 is 0 Å². The number of methoxy groups -OCH3 is 1. The summed E-state index contributed by atoms with van der Waals surface area (Å²) in [4.78, 5) is 0. The number of hydrogen-bond acceptors (Lipinski definition) is 3. The highest BCUT2D eigenvalue weighted by molar-refractivity contribution is 5.87. The van der Waals surface area contributed by atoms with Crippen molar-refractivity contribution in [1.82, 2.24) is 9.78 Å². The van der Waals surface area contributed by atoms with Crippen LogP contribution in [0.15, 0.2) is 18.3 Å². The number of phenolic OH excluding ortho intramolecular Hbond substituents is 1. The van der Waals surface area contributed by atoms with E-state index >= 15 is 0 Å². The third-order valence-electron chi connectivity index (χ3n) is 1.96. The van der Waals surface area contributed by atoms with Crippen LogP contribution in [0.3, 0.4) is 0 Å². The summed E-state index contributed by atoms with van der Waals surface area (Å²) < 4.78 is 6.63. The van der Waals surface area contributed by atoms with Gasteiger partial charge in [-0.3, -0.25) is 4.68 Å². The first-order valence-corrected chi connectivity index (χ1v) is 4.91. The number of ether oxygens (including phenoxy) is 1. The second-order valence-electron chi connectivity index (χ2n) is 2.85. The van der Waals surface area contributed by atoms with Crippen molar-refractivity contribution in [2.45, 2.75) is 13.8 Å². The van der Waals surface area contributed by atoms with Crippen molar-refractivity contribution >= 4 is 10.9 Å². The molecule has 1 aromatic heterocycles. The third-order valence-corrected chi connectivity index (χ3v) is 1.96. The van der Waals surface area contributed by atoms with E-state index in [1.54, 1.807) is 16.9 Å². The molecule has 15 heavy (non-hydrogen) atoms. The summed E-state index contributed by atoms with van der Waals surface area (Å²) in [7, 11) is 3.34. The molecule has 4 heteroatoms. The van der Waals surface area contributed by atoms with Gasteiger partial charge < -0.3 is 9.84 Å². The Kier molecular flexibility index (Phi) is 3.55. The maximum Gasteiger partial charge on any atom is 0.168 e. The lowest BCUT2D eigenvalue weighted by molar-refractivity contribution is 0.376. The first-order chi connectivity index (χ1) is 7.22. The maximum atomic E-state index is 9.68. The Morgan fingerprint density at radius 2 is 2.00 bits per heavy atom. The van der Waals surface area contributed by atoms with Gasteiger partial charge in [0.25, 0.3) is 0 Å². The molecule has 0 fully saturated rings. The number of rotatable bonds is 1. The van der Waals surface area contributed by atoms with Crippen LogP contribution in [-0.4, -0.2) is 22.0 Å². The molecule has 0 unspecified atom stereocenters. The largest absolute Gasteiger partial charge is 0.504 e. The molecule has 0 spiro atoms. The van der Waals surface area contributed by atoms with Crippen LogP contribution < -0.4 is 4.74 Å². The lowest BCUT2D eigenvalue weighted by atomic mass is 10.2. The fourth-order valence-corrected chi connectivity index (χ4v) is 1.34. The summed E-state index contributed by atoms with van der Waals surface area (Å²) in [5.74, 6) is 0.619. The number of hydrogen-bond donors (Lipinski definition) is 1. The van der Waals surface area contributed by atoms with E-state index in [0.29, 0.717) is 11.1 Å². The summed E-state index contributed by atoms with van der Waals surface area (Å²) in [5, 5.41) is 14.5. The van der Waals surface area contributed by atoms with Crippen molar-refractivity contribution in [2.75, 3.05) is 7.11 Å². The number of aromatic hydroxyl groups is 1. The molecule has 0 saturated heterocycles. The summed E-state index contributed by atoms with van der Waals surface area (Å²) in [6.45, 7) is 4.00. The molecule has 0 radical (unpaired) electrons. The predicted octanol–water partition coefficient (Wildman–Crippen LogP) is 2.31. The highest BCUT2D eigenvalue weighted by Crippen LogP contribution is 2.33. The Bertz CT molecular complexity index is 449. The predicted molar refractivity (Wildman–Crippen MR) is 60.3 cm³/mol. The van der Waals surface area contributed by atoms with Crippen LogP contribution in [-0.2, 0) is 7.05 Å². The first-order valence-electron chi connectivity index (χ1n) is 4.91. The van der Waals surface area contributed by atoms with Crippen LogP contribution in [0.25, 0.3) is 10.9 Å². The van der Waals surface area contributed by atoms with Gasteiger partial charge in [0.15, 0.2) is 11.5 Å². The SMILES string of the molecule is CC.COc1ccc2nn(C)cc2c1O. The molecular weight excluding hydrogens is 192 g/mol. The van der Waals surface area contributed by atoms with Gasteiger partial charge in [-0.1, -0.05) is 13.8 Å². The Morgan fingerprint density at radius 3 is 2.60 bits per heavy atom. The standard InChI is InChI=1S/C9H10N2O2.C2H6/c1-11-5-6-7(10-11)3-4-8(13-2)9(6)12;1-2/h3-5,12H,1-2H3;1-2H3. The minimum Gasteiger partial charge on any atom is -0.504 e. The summed E-state index contributed by atoms with van der Waals surface area (Å²) in [5.41, 5.74) is 0.765. The molecule has 1 N–H and O–H groups in total. The lowest BCUT2D eigenvalue weighted by Gasteiger charge is -2.01. The zero-order valence-corrected chi connectivity index (χ0v) is 9.48. The Morgan fingerprint density at radius 1 is 1.33 bits per heavy atom. The highest BCUT2D eigenvalue weighted by Gasteiger charge is 2.08. The average Bonchev–Trinajstić information content (AvgIpc) is 2.63. The molecule has 82 valence electrons. The Labute approximate surface area is 89.1 Å². The molecule has 0 aliphatic heterocycles. The van der Waals surface area contributed by atoms with E-state index in [9.17, 15) is 5.11 Å². The quantitative estimate of drug-likeness (QED) is 0.782.